The molecule has 0 aliphatic carbocycles. The average molecular weight is 430 g/mol. The van der Waals surface area contributed by atoms with Crippen LogP contribution < -0.4 is 5.32 Å². The van der Waals surface area contributed by atoms with Crippen molar-refractivity contribution in [3.63, 3.8) is 0 Å². The van der Waals surface area contributed by atoms with Crippen molar-refractivity contribution in [1.82, 2.24) is 20.0 Å². The zero-order chi connectivity index (χ0) is 20.1. The van der Waals surface area contributed by atoms with Crippen LogP contribution in [0.15, 0.2) is 18.2 Å². The molecule has 0 saturated heterocycles. The Morgan fingerprint density at radius 3 is 2.44 bits per heavy atom. The number of likely N-dealkylation sites (N-methyl/N-ethyl adjacent to an activating group) is 1. The standard InChI is InChI=1S/C18H25Cl2N5OS/c1-11(2)16(24(4)5)10-25(9-13-6-7-14(19)15(20)8-13)18(26)21-17-23-22-12(3)27-17/h6-8,11,16H,9-10H2,1-5H3,(H,21,23,26)/t16-/m0/s1. The molecule has 1 aromatic heterocycles. The summed E-state index contributed by atoms with van der Waals surface area (Å²) in [7, 11) is 4.04. The lowest BCUT2D eigenvalue weighted by Crippen LogP contribution is -2.46. The number of nitrogens with zero attached hydrogens (tertiary/aromatic N) is 4. The van der Waals surface area contributed by atoms with E-state index in [0.29, 0.717) is 34.2 Å². The summed E-state index contributed by atoms with van der Waals surface area (Å²) in [5.41, 5.74) is 0.911. The molecule has 148 valence electrons. The Balaban J connectivity index is 2.22. The maximum absolute atomic E-state index is 12.9. The molecule has 2 amide bonds. The van der Waals surface area contributed by atoms with Gasteiger partial charge in [0.25, 0.3) is 0 Å². The molecule has 0 aliphatic heterocycles. The second-order valence-corrected chi connectivity index (χ2v) is 8.96. The van der Waals surface area contributed by atoms with Crippen LogP contribution in [0.25, 0.3) is 0 Å². The van der Waals surface area contributed by atoms with Gasteiger partial charge in [0.05, 0.1) is 10.0 Å². The van der Waals surface area contributed by atoms with Crippen LogP contribution in [0.2, 0.25) is 10.0 Å². The number of halogens is 2. The molecule has 6 nitrogen and oxygen atoms in total. The van der Waals surface area contributed by atoms with E-state index in [9.17, 15) is 4.79 Å². The van der Waals surface area contributed by atoms with Gasteiger partial charge in [-0.2, -0.15) is 0 Å². The van der Waals surface area contributed by atoms with Gasteiger partial charge in [-0.25, -0.2) is 4.79 Å². The number of hydrogen-bond acceptors (Lipinski definition) is 5. The van der Waals surface area contributed by atoms with E-state index in [0.717, 1.165) is 10.6 Å². The van der Waals surface area contributed by atoms with Crippen LogP contribution in [0.3, 0.4) is 0 Å². The lowest BCUT2D eigenvalue weighted by atomic mass is 10.0. The summed E-state index contributed by atoms with van der Waals surface area (Å²) in [5.74, 6) is 0.382. The lowest BCUT2D eigenvalue weighted by Gasteiger charge is -2.33. The van der Waals surface area contributed by atoms with Crippen molar-refractivity contribution in [2.24, 2.45) is 5.92 Å². The normalized spacial score (nSPS) is 12.5. The number of hydrogen-bond donors (Lipinski definition) is 1. The molecule has 0 bridgehead atoms. The summed E-state index contributed by atoms with van der Waals surface area (Å²) in [4.78, 5) is 16.8. The molecule has 1 aromatic carbocycles. The predicted octanol–water partition coefficient (Wildman–Crippen LogP) is 4.77. The fourth-order valence-corrected chi connectivity index (χ4v) is 3.69. The summed E-state index contributed by atoms with van der Waals surface area (Å²) in [5, 5.41) is 13.0. The molecule has 27 heavy (non-hydrogen) atoms. The number of amides is 2. The Hall–Kier alpha value is -1.41. The van der Waals surface area contributed by atoms with Gasteiger partial charge in [-0.05, 0) is 44.6 Å². The van der Waals surface area contributed by atoms with Crippen LogP contribution in [0, 0.1) is 12.8 Å². The monoisotopic (exact) mass is 429 g/mol. The summed E-state index contributed by atoms with van der Waals surface area (Å²) in [6, 6.07) is 5.40. The zero-order valence-corrected chi connectivity index (χ0v) is 18.5. The van der Waals surface area contributed by atoms with E-state index in [1.54, 1.807) is 17.0 Å². The number of carbonyl (C=O) groups is 1. The number of anilines is 1. The third-order valence-electron chi connectivity index (χ3n) is 4.22. The van der Waals surface area contributed by atoms with E-state index < -0.39 is 0 Å². The Bertz CT molecular complexity index is 773. The van der Waals surface area contributed by atoms with Gasteiger partial charge >= 0.3 is 6.03 Å². The average Bonchev–Trinajstić information content (AvgIpc) is 2.98. The number of benzene rings is 1. The van der Waals surface area contributed by atoms with Gasteiger partial charge in [0.1, 0.15) is 5.01 Å². The number of urea groups is 1. The topological polar surface area (TPSA) is 61.4 Å². The van der Waals surface area contributed by atoms with Crippen LogP contribution in [0.1, 0.15) is 24.4 Å². The Kier molecular flexibility index (Phi) is 7.85. The number of nitrogens with one attached hydrogen (secondary N) is 1. The molecule has 0 aliphatic rings. The fraction of sp³-hybridized carbons (Fsp3) is 0.500. The summed E-state index contributed by atoms with van der Waals surface area (Å²) < 4.78 is 0. The number of rotatable bonds is 7. The van der Waals surface area contributed by atoms with Crippen LogP contribution >= 0.6 is 34.5 Å². The summed E-state index contributed by atoms with van der Waals surface area (Å²) in [6.07, 6.45) is 0. The molecule has 2 aromatic rings. The van der Waals surface area contributed by atoms with Gasteiger partial charge < -0.3 is 9.80 Å². The van der Waals surface area contributed by atoms with Crippen LogP contribution in [-0.4, -0.2) is 52.7 Å². The second kappa shape index (κ2) is 9.68. The van der Waals surface area contributed by atoms with Gasteiger partial charge in [-0.1, -0.05) is 54.5 Å². The van der Waals surface area contributed by atoms with E-state index in [-0.39, 0.29) is 12.1 Å². The largest absolute Gasteiger partial charge is 0.324 e. The molecule has 1 atom stereocenters. The maximum atomic E-state index is 12.9. The van der Waals surface area contributed by atoms with Crippen molar-refractivity contribution >= 4 is 45.7 Å². The van der Waals surface area contributed by atoms with Gasteiger partial charge in [-0.15, -0.1) is 10.2 Å². The third-order valence-corrected chi connectivity index (χ3v) is 5.72. The molecule has 9 heteroatoms. The number of aryl methyl sites for hydroxylation is 1. The van der Waals surface area contributed by atoms with E-state index in [2.05, 4.69) is 34.3 Å². The molecule has 1 N–H and O–H groups in total. The van der Waals surface area contributed by atoms with Crippen LogP contribution in [0.5, 0.6) is 0 Å². The first kappa shape index (κ1) is 21.9. The highest BCUT2D eigenvalue weighted by Gasteiger charge is 2.24. The molecule has 0 radical (unpaired) electrons. The Morgan fingerprint density at radius 2 is 1.93 bits per heavy atom. The summed E-state index contributed by atoms with van der Waals surface area (Å²) in [6.45, 7) is 7.12. The van der Waals surface area contributed by atoms with Crippen LogP contribution in [0.4, 0.5) is 9.93 Å². The second-order valence-electron chi connectivity index (χ2n) is 6.96. The molecule has 0 spiro atoms. The minimum absolute atomic E-state index is 0.203. The van der Waals surface area contributed by atoms with Gasteiger partial charge in [0, 0.05) is 19.1 Å². The third kappa shape index (κ3) is 6.31. The Labute approximate surface area is 174 Å². The number of aromatic nitrogens is 2. The maximum Gasteiger partial charge on any atom is 0.324 e. The predicted molar refractivity (Wildman–Crippen MR) is 113 cm³/mol. The molecular weight excluding hydrogens is 405 g/mol. The van der Waals surface area contributed by atoms with Crippen molar-refractivity contribution in [3.05, 3.63) is 38.8 Å². The van der Waals surface area contributed by atoms with E-state index in [1.165, 1.54) is 11.3 Å². The van der Waals surface area contributed by atoms with Crippen molar-refractivity contribution < 1.29 is 4.79 Å². The summed E-state index contributed by atoms with van der Waals surface area (Å²) >= 11 is 13.5. The van der Waals surface area contributed by atoms with E-state index in [1.807, 2.05) is 27.1 Å². The molecule has 0 unspecified atom stereocenters. The van der Waals surface area contributed by atoms with Gasteiger partial charge in [0.15, 0.2) is 0 Å². The minimum Gasteiger partial charge on any atom is -0.319 e. The molecule has 1 heterocycles. The van der Waals surface area contributed by atoms with Crippen molar-refractivity contribution in [2.75, 3.05) is 26.0 Å². The SMILES string of the molecule is Cc1nnc(NC(=O)N(Cc2ccc(Cl)c(Cl)c2)C[C@@H](C(C)C)N(C)C)s1. The smallest absolute Gasteiger partial charge is 0.319 e. The zero-order valence-electron chi connectivity index (χ0n) is 16.2. The van der Waals surface area contributed by atoms with Crippen molar-refractivity contribution in [3.8, 4) is 0 Å². The first-order valence-electron chi connectivity index (χ1n) is 8.63. The van der Waals surface area contributed by atoms with Crippen molar-refractivity contribution in [1.29, 1.82) is 0 Å². The first-order valence-corrected chi connectivity index (χ1v) is 10.2. The first-order chi connectivity index (χ1) is 12.7. The molecular formula is C18H25Cl2N5OS. The lowest BCUT2D eigenvalue weighted by molar-refractivity contribution is 0.155. The van der Waals surface area contributed by atoms with Crippen LogP contribution in [-0.2, 0) is 6.54 Å². The van der Waals surface area contributed by atoms with Gasteiger partial charge in [0.2, 0.25) is 5.13 Å². The van der Waals surface area contributed by atoms with Gasteiger partial charge in [-0.3, -0.25) is 5.32 Å². The highest BCUT2D eigenvalue weighted by atomic mass is 35.5. The molecule has 2 rings (SSSR count). The van der Waals surface area contributed by atoms with E-state index in [4.69, 9.17) is 23.2 Å². The quantitative estimate of drug-likeness (QED) is 0.687. The number of carbonyl (C=O) groups excluding carboxylic acids is 1. The highest BCUT2D eigenvalue weighted by molar-refractivity contribution is 7.15. The molecule has 0 fully saturated rings. The Morgan fingerprint density at radius 1 is 1.22 bits per heavy atom. The minimum atomic E-state index is -0.218. The molecule has 0 saturated carbocycles. The van der Waals surface area contributed by atoms with E-state index >= 15 is 0 Å². The van der Waals surface area contributed by atoms with Crippen molar-refractivity contribution in [2.45, 2.75) is 33.4 Å². The highest BCUT2D eigenvalue weighted by Crippen LogP contribution is 2.24. The fourth-order valence-electron chi connectivity index (χ4n) is 2.79.